The van der Waals surface area contributed by atoms with E-state index in [9.17, 15) is 4.79 Å². The summed E-state index contributed by atoms with van der Waals surface area (Å²) in [5, 5.41) is 9.16. The molecule has 0 saturated carbocycles. The van der Waals surface area contributed by atoms with Crippen molar-refractivity contribution >= 4 is 11.7 Å². The Morgan fingerprint density at radius 2 is 2.06 bits per heavy atom. The smallest absolute Gasteiger partial charge is 0.326 e. The number of rotatable bonds is 5. The van der Waals surface area contributed by atoms with Crippen molar-refractivity contribution in [1.29, 1.82) is 0 Å². The summed E-state index contributed by atoms with van der Waals surface area (Å²) in [4.78, 5) is 13.1. The number of hydrogen-bond acceptors (Lipinski definition) is 2. The molecule has 0 radical (unpaired) electrons. The normalized spacial score (nSPS) is 12.2. The lowest BCUT2D eigenvalue weighted by Crippen LogP contribution is -2.40. The minimum absolute atomic E-state index is 0.490. The topological polar surface area (TPSA) is 40.5 Å². The summed E-state index contributed by atoms with van der Waals surface area (Å²) in [5.41, 5.74) is 3.39. The molecule has 17 heavy (non-hydrogen) atoms. The number of benzene rings is 1. The van der Waals surface area contributed by atoms with Crippen LogP contribution in [0, 0.1) is 13.8 Å². The first-order valence-electron chi connectivity index (χ1n) is 6.04. The number of hydrogen-bond donors (Lipinski definition) is 1. The van der Waals surface area contributed by atoms with Gasteiger partial charge in [-0.1, -0.05) is 19.1 Å². The van der Waals surface area contributed by atoms with Crippen LogP contribution in [-0.4, -0.2) is 23.7 Å². The summed E-state index contributed by atoms with van der Waals surface area (Å²) in [7, 11) is 0. The summed E-state index contributed by atoms with van der Waals surface area (Å²) < 4.78 is 0. The highest BCUT2D eigenvalue weighted by Gasteiger charge is 2.21. The Hall–Kier alpha value is -1.51. The average Bonchev–Trinajstić information content (AvgIpc) is 2.29. The molecule has 0 aliphatic heterocycles. The number of carboxylic acids is 1. The first-order chi connectivity index (χ1) is 7.99. The minimum atomic E-state index is -0.778. The van der Waals surface area contributed by atoms with Crippen molar-refractivity contribution < 1.29 is 9.90 Å². The molecule has 0 amide bonds. The molecule has 0 bridgehead atoms. The van der Waals surface area contributed by atoms with Gasteiger partial charge in [0.15, 0.2) is 0 Å². The summed E-state index contributed by atoms with van der Waals surface area (Å²) in [6.07, 6.45) is 0.936. The van der Waals surface area contributed by atoms with Crippen LogP contribution >= 0.6 is 0 Å². The molecule has 1 atom stereocenters. The average molecular weight is 235 g/mol. The van der Waals surface area contributed by atoms with E-state index in [4.69, 9.17) is 5.11 Å². The highest BCUT2D eigenvalue weighted by molar-refractivity contribution is 5.78. The molecule has 1 aromatic carbocycles. The standard InChI is InChI=1S/C14H21NO2/c1-5-9-15(12(4)14(16)17)13-8-6-7-10(2)11(13)3/h6-8,12H,5,9H2,1-4H3,(H,16,17)/t12-/m1/s1. The van der Waals surface area contributed by atoms with Crippen LogP contribution in [0.3, 0.4) is 0 Å². The van der Waals surface area contributed by atoms with Gasteiger partial charge in [-0.3, -0.25) is 0 Å². The zero-order chi connectivity index (χ0) is 13.0. The van der Waals surface area contributed by atoms with Crippen molar-refractivity contribution in [3.05, 3.63) is 29.3 Å². The van der Waals surface area contributed by atoms with E-state index in [1.807, 2.05) is 36.9 Å². The van der Waals surface area contributed by atoms with Crippen LogP contribution in [0.5, 0.6) is 0 Å². The van der Waals surface area contributed by atoms with E-state index in [1.165, 1.54) is 5.56 Å². The lowest BCUT2D eigenvalue weighted by atomic mass is 10.1. The van der Waals surface area contributed by atoms with Crippen LogP contribution in [0.15, 0.2) is 18.2 Å². The van der Waals surface area contributed by atoms with Gasteiger partial charge in [0.1, 0.15) is 6.04 Å². The molecule has 94 valence electrons. The lowest BCUT2D eigenvalue weighted by Gasteiger charge is -2.30. The Bertz CT molecular complexity index is 401. The van der Waals surface area contributed by atoms with Crippen LogP contribution in [-0.2, 0) is 4.79 Å². The summed E-state index contributed by atoms with van der Waals surface area (Å²) in [5.74, 6) is -0.778. The zero-order valence-electron chi connectivity index (χ0n) is 11.0. The number of aliphatic carboxylic acids is 1. The maximum Gasteiger partial charge on any atom is 0.326 e. The van der Waals surface area contributed by atoms with E-state index in [2.05, 4.69) is 6.92 Å². The van der Waals surface area contributed by atoms with E-state index >= 15 is 0 Å². The van der Waals surface area contributed by atoms with E-state index in [0.29, 0.717) is 0 Å². The largest absolute Gasteiger partial charge is 0.480 e. The third kappa shape index (κ3) is 2.99. The van der Waals surface area contributed by atoms with Crippen molar-refractivity contribution in [1.82, 2.24) is 0 Å². The van der Waals surface area contributed by atoms with Crippen molar-refractivity contribution in [3.63, 3.8) is 0 Å². The van der Waals surface area contributed by atoms with Crippen LogP contribution in [0.1, 0.15) is 31.4 Å². The fourth-order valence-corrected chi connectivity index (χ4v) is 1.94. The molecule has 0 aromatic heterocycles. The summed E-state index contributed by atoms with van der Waals surface area (Å²) >= 11 is 0. The fraction of sp³-hybridized carbons (Fsp3) is 0.500. The summed E-state index contributed by atoms with van der Waals surface area (Å²) in [6.45, 7) is 8.65. The van der Waals surface area contributed by atoms with E-state index < -0.39 is 12.0 Å². The number of carboxylic acid groups (broad SMARTS) is 1. The molecular weight excluding hydrogens is 214 g/mol. The zero-order valence-corrected chi connectivity index (χ0v) is 11.0. The maximum atomic E-state index is 11.1. The van der Waals surface area contributed by atoms with Gasteiger partial charge in [0.25, 0.3) is 0 Å². The van der Waals surface area contributed by atoms with Crippen molar-refractivity contribution in [2.45, 2.75) is 40.2 Å². The van der Waals surface area contributed by atoms with Gasteiger partial charge >= 0.3 is 5.97 Å². The van der Waals surface area contributed by atoms with E-state index in [1.54, 1.807) is 6.92 Å². The third-order valence-electron chi connectivity index (χ3n) is 3.17. The Morgan fingerprint density at radius 1 is 1.41 bits per heavy atom. The van der Waals surface area contributed by atoms with Gasteiger partial charge in [-0.15, -0.1) is 0 Å². The van der Waals surface area contributed by atoms with Gasteiger partial charge < -0.3 is 10.0 Å². The van der Waals surface area contributed by atoms with Gasteiger partial charge in [0.2, 0.25) is 0 Å². The molecule has 0 unspecified atom stereocenters. The number of aryl methyl sites for hydroxylation is 1. The molecule has 0 aliphatic rings. The fourth-order valence-electron chi connectivity index (χ4n) is 1.94. The first kappa shape index (κ1) is 13.6. The second-order valence-electron chi connectivity index (χ2n) is 4.43. The highest BCUT2D eigenvalue weighted by atomic mass is 16.4. The predicted octanol–water partition coefficient (Wildman–Crippen LogP) is 2.99. The molecule has 1 N–H and O–H groups in total. The molecule has 0 fully saturated rings. The highest BCUT2D eigenvalue weighted by Crippen LogP contribution is 2.24. The Labute approximate surface area is 103 Å². The number of anilines is 1. The van der Waals surface area contributed by atoms with Gasteiger partial charge in [0, 0.05) is 12.2 Å². The quantitative estimate of drug-likeness (QED) is 0.853. The third-order valence-corrected chi connectivity index (χ3v) is 3.17. The first-order valence-corrected chi connectivity index (χ1v) is 6.04. The van der Waals surface area contributed by atoms with Crippen LogP contribution in [0.2, 0.25) is 0 Å². The second kappa shape index (κ2) is 5.71. The lowest BCUT2D eigenvalue weighted by molar-refractivity contribution is -0.138. The predicted molar refractivity (Wildman–Crippen MR) is 70.7 cm³/mol. The second-order valence-corrected chi connectivity index (χ2v) is 4.43. The molecular formula is C14H21NO2. The summed E-state index contributed by atoms with van der Waals surface area (Å²) in [6, 6.07) is 5.54. The number of carbonyl (C=O) groups is 1. The Kier molecular flexibility index (Phi) is 4.55. The minimum Gasteiger partial charge on any atom is -0.480 e. The van der Waals surface area contributed by atoms with Crippen molar-refractivity contribution in [3.8, 4) is 0 Å². The van der Waals surface area contributed by atoms with Gasteiger partial charge in [0.05, 0.1) is 0 Å². The van der Waals surface area contributed by atoms with Crippen molar-refractivity contribution in [2.24, 2.45) is 0 Å². The molecule has 0 heterocycles. The van der Waals surface area contributed by atoms with Crippen LogP contribution in [0.4, 0.5) is 5.69 Å². The molecule has 3 heteroatoms. The molecule has 1 rings (SSSR count). The van der Waals surface area contributed by atoms with Crippen molar-refractivity contribution in [2.75, 3.05) is 11.4 Å². The maximum absolute atomic E-state index is 11.1. The molecule has 1 aromatic rings. The molecule has 0 spiro atoms. The molecule has 0 aliphatic carbocycles. The molecule has 0 saturated heterocycles. The SMILES string of the molecule is CCCN(c1cccc(C)c1C)[C@H](C)C(=O)O. The molecule has 3 nitrogen and oxygen atoms in total. The van der Waals surface area contributed by atoms with Gasteiger partial charge in [-0.05, 0) is 44.4 Å². The van der Waals surface area contributed by atoms with E-state index in [-0.39, 0.29) is 0 Å². The Morgan fingerprint density at radius 3 is 2.59 bits per heavy atom. The Balaban J connectivity index is 3.13. The monoisotopic (exact) mass is 235 g/mol. The number of nitrogens with zero attached hydrogens (tertiary/aromatic N) is 1. The van der Waals surface area contributed by atoms with Crippen LogP contribution in [0.25, 0.3) is 0 Å². The van der Waals surface area contributed by atoms with Gasteiger partial charge in [-0.2, -0.15) is 0 Å². The van der Waals surface area contributed by atoms with Gasteiger partial charge in [-0.25, -0.2) is 4.79 Å². The van der Waals surface area contributed by atoms with Crippen LogP contribution < -0.4 is 4.90 Å². The van der Waals surface area contributed by atoms with E-state index in [0.717, 1.165) is 24.2 Å².